The Balaban J connectivity index is 2.33. The number of rotatable bonds is 5. The SMILES string of the molecule is O=C(NCc1nn[nH]n1)N[C@H](CO)C(=O)O. The monoisotopic (exact) mass is 230 g/mol. The van der Waals surface area contributed by atoms with Crippen molar-refractivity contribution in [3.8, 4) is 0 Å². The summed E-state index contributed by atoms with van der Waals surface area (Å²) in [6.07, 6.45) is 0. The molecule has 0 aliphatic rings. The van der Waals surface area contributed by atoms with Gasteiger partial charge in [-0.25, -0.2) is 9.59 Å². The van der Waals surface area contributed by atoms with E-state index in [1.54, 1.807) is 0 Å². The Kier molecular flexibility index (Phi) is 4.15. The standard InChI is InChI=1S/C6H10N6O4/c13-2-3(5(14)15)8-6(16)7-1-4-9-11-12-10-4/h3,13H,1-2H2,(H,14,15)(H2,7,8,16)(H,9,10,11,12)/t3-/m1/s1. The van der Waals surface area contributed by atoms with Gasteiger partial charge in [0.05, 0.1) is 13.2 Å². The number of nitrogens with zero attached hydrogens (tertiary/aromatic N) is 3. The average molecular weight is 230 g/mol. The molecule has 0 radical (unpaired) electrons. The zero-order chi connectivity index (χ0) is 12.0. The van der Waals surface area contributed by atoms with Crippen LogP contribution in [0.3, 0.4) is 0 Å². The lowest BCUT2D eigenvalue weighted by atomic mass is 10.3. The second-order valence-electron chi connectivity index (χ2n) is 2.73. The molecular formula is C6H10N6O4. The van der Waals surface area contributed by atoms with E-state index in [-0.39, 0.29) is 12.4 Å². The Morgan fingerprint density at radius 2 is 2.25 bits per heavy atom. The van der Waals surface area contributed by atoms with E-state index >= 15 is 0 Å². The van der Waals surface area contributed by atoms with Gasteiger partial charge in [0, 0.05) is 0 Å². The van der Waals surface area contributed by atoms with Crippen molar-refractivity contribution in [3.05, 3.63) is 5.82 Å². The van der Waals surface area contributed by atoms with Gasteiger partial charge in [0.15, 0.2) is 11.9 Å². The van der Waals surface area contributed by atoms with Gasteiger partial charge in [-0.2, -0.15) is 5.21 Å². The first-order chi connectivity index (χ1) is 7.63. The van der Waals surface area contributed by atoms with Gasteiger partial charge < -0.3 is 20.8 Å². The van der Waals surface area contributed by atoms with E-state index in [0.717, 1.165) is 0 Å². The molecule has 0 saturated heterocycles. The molecule has 5 N–H and O–H groups in total. The minimum absolute atomic E-state index is 0.000100. The normalized spacial score (nSPS) is 11.8. The van der Waals surface area contributed by atoms with Crippen LogP contribution in [0.5, 0.6) is 0 Å². The van der Waals surface area contributed by atoms with Crippen LogP contribution < -0.4 is 10.6 Å². The van der Waals surface area contributed by atoms with Crippen LogP contribution in [0.4, 0.5) is 4.79 Å². The Hall–Kier alpha value is -2.23. The van der Waals surface area contributed by atoms with E-state index in [1.807, 2.05) is 5.32 Å². The van der Waals surface area contributed by atoms with Crippen molar-refractivity contribution in [3.63, 3.8) is 0 Å². The average Bonchev–Trinajstić information content (AvgIpc) is 2.75. The van der Waals surface area contributed by atoms with Crippen molar-refractivity contribution in [2.24, 2.45) is 0 Å². The molecule has 1 atom stereocenters. The molecule has 0 fully saturated rings. The molecule has 16 heavy (non-hydrogen) atoms. The van der Waals surface area contributed by atoms with Crippen molar-refractivity contribution in [1.29, 1.82) is 0 Å². The Labute approximate surface area is 89.0 Å². The lowest BCUT2D eigenvalue weighted by molar-refractivity contribution is -0.140. The van der Waals surface area contributed by atoms with Crippen LogP contribution in [0, 0.1) is 0 Å². The summed E-state index contributed by atoms with van der Waals surface area (Å²) in [4.78, 5) is 21.6. The van der Waals surface area contributed by atoms with Crippen LogP contribution >= 0.6 is 0 Å². The molecular weight excluding hydrogens is 220 g/mol. The summed E-state index contributed by atoms with van der Waals surface area (Å²) in [5, 5.41) is 34.1. The number of H-pyrrole nitrogens is 1. The van der Waals surface area contributed by atoms with E-state index in [9.17, 15) is 9.59 Å². The topological polar surface area (TPSA) is 153 Å². The van der Waals surface area contributed by atoms with E-state index < -0.39 is 24.6 Å². The molecule has 0 saturated carbocycles. The zero-order valence-corrected chi connectivity index (χ0v) is 8.04. The molecule has 1 aromatic rings. The third kappa shape index (κ3) is 3.49. The van der Waals surface area contributed by atoms with E-state index in [0.29, 0.717) is 0 Å². The first-order valence-electron chi connectivity index (χ1n) is 4.24. The highest BCUT2D eigenvalue weighted by Crippen LogP contribution is 1.84. The number of carboxylic acid groups (broad SMARTS) is 1. The molecule has 0 aliphatic carbocycles. The predicted molar refractivity (Wildman–Crippen MR) is 48.1 cm³/mol. The summed E-state index contributed by atoms with van der Waals surface area (Å²) in [5.41, 5.74) is 0. The Bertz CT molecular complexity index is 352. The molecule has 10 heteroatoms. The quantitative estimate of drug-likeness (QED) is 0.373. The molecule has 0 aliphatic heterocycles. The molecule has 1 heterocycles. The number of carbonyl (C=O) groups excluding carboxylic acids is 1. The van der Waals surface area contributed by atoms with Gasteiger partial charge in [-0.15, -0.1) is 10.2 Å². The summed E-state index contributed by atoms with van der Waals surface area (Å²) < 4.78 is 0. The molecule has 0 unspecified atom stereocenters. The summed E-state index contributed by atoms with van der Waals surface area (Å²) in [5.74, 6) is -1.07. The number of amides is 2. The molecule has 1 aromatic heterocycles. The smallest absolute Gasteiger partial charge is 0.328 e. The lowest BCUT2D eigenvalue weighted by Gasteiger charge is -2.11. The van der Waals surface area contributed by atoms with Gasteiger partial charge in [-0.3, -0.25) is 0 Å². The third-order valence-corrected chi connectivity index (χ3v) is 1.58. The van der Waals surface area contributed by atoms with Crippen molar-refractivity contribution in [2.45, 2.75) is 12.6 Å². The van der Waals surface area contributed by atoms with Crippen LogP contribution in [0.1, 0.15) is 5.82 Å². The second-order valence-corrected chi connectivity index (χ2v) is 2.73. The highest BCUT2D eigenvalue weighted by Gasteiger charge is 2.18. The molecule has 0 aromatic carbocycles. The highest BCUT2D eigenvalue weighted by molar-refractivity contribution is 5.82. The number of carboxylic acids is 1. The molecule has 88 valence electrons. The minimum atomic E-state index is -1.34. The summed E-state index contributed by atoms with van der Waals surface area (Å²) >= 11 is 0. The number of hydrogen-bond acceptors (Lipinski definition) is 6. The maximum absolute atomic E-state index is 11.1. The summed E-state index contributed by atoms with van der Waals surface area (Å²) in [6, 6.07) is -2.09. The second kappa shape index (κ2) is 5.60. The first kappa shape index (κ1) is 11.8. The first-order valence-corrected chi connectivity index (χ1v) is 4.24. The van der Waals surface area contributed by atoms with Gasteiger partial charge in [0.2, 0.25) is 0 Å². The fourth-order valence-corrected chi connectivity index (χ4v) is 0.811. The van der Waals surface area contributed by atoms with Crippen LogP contribution in [-0.2, 0) is 11.3 Å². The van der Waals surface area contributed by atoms with Crippen LogP contribution in [0.15, 0.2) is 0 Å². The Morgan fingerprint density at radius 3 is 2.75 bits per heavy atom. The number of tetrazole rings is 1. The fourth-order valence-electron chi connectivity index (χ4n) is 0.811. The van der Waals surface area contributed by atoms with E-state index in [2.05, 4.69) is 25.9 Å². The van der Waals surface area contributed by atoms with Crippen molar-refractivity contribution in [1.82, 2.24) is 31.3 Å². The van der Waals surface area contributed by atoms with Gasteiger partial charge in [0.1, 0.15) is 0 Å². The number of aliphatic hydroxyl groups excluding tert-OH is 1. The number of aliphatic carboxylic acids is 1. The molecule has 1 rings (SSSR count). The van der Waals surface area contributed by atoms with Gasteiger partial charge in [-0.05, 0) is 0 Å². The zero-order valence-electron chi connectivity index (χ0n) is 8.04. The number of aromatic nitrogens is 4. The number of carbonyl (C=O) groups is 2. The van der Waals surface area contributed by atoms with Crippen LogP contribution in [0.25, 0.3) is 0 Å². The third-order valence-electron chi connectivity index (χ3n) is 1.58. The van der Waals surface area contributed by atoms with E-state index in [1.165, 1.54) is 0 Å². The van der Waals surface area contributed by atoms with Crippen molar-refractivity contribution in [2.75, 3.05) is 6.61 Å². The van der Waals surface area contributed by atoms with Gasteiger partial charge in [-0.1, -0.05) is 5.21 Å². The number of aromatic amines is 1. The van der Waals surface area contributed by atoms with Crippen LogP contribution in [0.2, 0.25) is 0 Å². The number of urea groups is 1. The van der Waals surface area contributed by atoms with Crippen molar-refractivity contribution < 1.29 is 19.8 Å². The maximum Gasteiger partial charge on any atom is 0.328 e. The predicted octanol–water partition coefficient (Wildman–Crippen LogP) is -2.56. The number of hydrogen-bond donors (Lipinski definition) is 5. The van der Waals surface area contributed by atoms with Gasteiger partial charge in [0.25, 0.3) is 0 Å². The van der Waals surface area contributed by atoms with E-state index in [4.69, 9.17) is 10.2 Å². The maximum atomic E-state index is 11.1. The summed E-state index contributed by atoms with van der Waals surface area (Å²) in [6.45, 7) is -0.689. The minimum Gasteiger partial charge on any atom is -0.480 e. The largest absolute Gasteiger partial charge is 0.480 e. The van der Waals surface area contributed by atoms with Crippen LogP contribution in [-0.4, -0.2) is 55.5 Å². The van der Waals surface area contributed by atoms with Gasteiger partial charge >= 0.3 is 12.0 Å². The summed E-state index contributed by atoms with van der Waals surface area (Å²) in [7, 11) is 0. The molecule has 2 amide bonds. The number of aliphatic hydroxyl groups is 1. The van der Waals surface area contributed by atoms with Crippen molar-refractivity contribution >= 4 is 12.0 Å². The lowest BCUT2D eigenvalue weighted by Crippen LogP contribution is -2.47. The number of nitrogens with one attached hydrogen (secondary N) is 3. The Morgan fingerprint density at radius 1 is 1.50 bits per heavy atom. The fraction of sp³-hybridized carbons (Fsp3) is 0.500. The molecule has 0 spiro atoms. The molecule has 0 bridgehead atoms. The highest BCUT2D eigenvalue weighted by atomic mass is 16.4. The molecule has 10 nitrogen and oxygen atoms in total.